The second-order valence-electron chi connectivity index (χ2n) is 6.65. The fourth-order valence-corrected chi connectivity index (χ4v) is 3.02. The average Bonchev–Trinajstić information content (AvgIpc) is 2.86. The summed E-state index contributed by atoms with van der Waals surface area (Å²) in [5.74, 6) is 0.0780. The molecule has 3 aromatic rings. The van der Waals surface area contributed by atoms with Gasteiger partial charge in [0, 0.05) is 23.9 Å². The number of aromatic amines is 1. The third-order valence-corrected chi connectivity index (χ3v) is 4.36. The first-order valence-electron chi connectivity index (χ1n) is 8.54. The number of aromatic nitrogens is 4. The van der Waals surface area contributed by atoms with Gasteiger partial charge in [-0.15, -0.1) is 0 Å². The van der Waals surface area contributed by atoms with Crippen molar-refractivity contribution < 1.29 is 4.79 Å². The van der Waals surface area contributed by atoms with E-state index < -0.39 is 0 Å². The first-order chi connectivity index (χ1) is 12.8. The molecular weight excluding hydrogens is 366 g/mol. The van der Waals surface area contributed by atoms with Gasteiger partial charge in [0.25, 0.3) is 5.56 Å². The van der Waals surface area contributed by atoms with E-state index in [2.05, 4.69) is 34.2 Å². The van der Waals surface area contributed by atoms with Crippen molar-refractivity contribution >= 4 is 40.2 Å². The highest BCUT2D eigenvalue weighted by Crippen LogP contribution is 2.22. The van der Waals surface area contributed by atoms with Crippen LogP contribution in [0.15, 0.2) is 35.4 Å². The number of benzene rings is 1. The Morgan fingerprint density at radius 1 is 1.41 bits per heavy atom. The number of nitrogens with zero attached hydrogens (tertiary/aromatic N) is 3. The van der Waals surface area contributed by atoms with Crippen LogP contribution in [-0.4, -0.2) is 25.7 Å². The lowest BCUT2D eigenvalue weighted by molar-refractivity contribution is -0.111. The molecule has 1 amide bonds. The molecule has 0 spiro atoms. The summed E-state index contributed by atoms with van der Waals surface area (Å²) in [5, 5.41) is 8.06. The zero-order valence-electron chi connectivity index (χ0n) is 15.3. The average molecular weight is 386 g/mol. The van der Waals surface area contributed by atoms with Crippen molar-refractivity contribution in [3.05, 3.63) is 57.4 Å². The number of rotatable bonds is 5. The molecule has 0 aliphatic heterocycles. The molecule has 0 unspecified atom stereocenters. The van der Waals surface area contributed by atoms with Crippen molar-refractivity contribution in [3.63, 3.8) is 0 Å². The highest BCUT2D eigenvalue weighted by atomic mass is 35.5. The maximum atomic E-state index is 12.2. The van der Waals surface area contributed by atoms with Gasteiger partial charge < -0.3 is 10.3 Å². The fraction of sp³-hybridized carbons (Fsp3) is 0.263. The monoisotopic (exact) mass is 385 g/mol. The summed E-state index contributed by atoms with van der Waals surface area (Å²) in [4.78, 5) is 30.7. The van der Waals surface area contributed by atoms with Crippen molar-refractivity contribution in [2.45, 2.75) is 27.3 Å². The van der Waals surface area contributed by atoms with Crippen LogP contribution in [0.25, 0.3) is 17.0 Å². The summed E-state index contributed by atoms with van der Waals surface area (Å²) < 4.78 is 1.74. The second kappa shape index (κ2) is 7.75. The third kappa shape index (κ3) is 4.25. The van der Waals surface area contributed by atoms with Gasteiger partial charge >= 0.3 is 0 Å². The smallest absolute Gasteiger partial charge is 0.258 e. The predicted octanol–water partition coefficient (Wildman–Crippen LogP) is 3.39. The SMILES string of the molecule is Cc1nn(CC(C)C)c(Cl)c1/C=C/C(=O)Nc1ccc2nc[nH]c(=O)c2c1. The van der Waals surface area contributed by atoms with Gasteiger partial charge in [-0.2, -0.15) is 5.10 Å². The van der Waals surface area contributed by atoms with E-state index >= 15 is 0 Å². The van der Waals surface area contributed by atoms with Crippen molar-refractivity contribution in [1.29, 1.82) is 0 Å². The van der Waals surface area contributed by atoms with Gasteiger partial charge in [-0.3, -0.25) is 14.3 Å². The molecule has 1 aromatic carbocycles. The number of hydrogen-bond donors (Lipinski definition) is 2. The van der Waals surface area contributed by atoms with Crippen LogP contribution >= 0.6 is 11.6 Å². The molecule has 0 radical (unpaired) electrons. The zero-order valence-corrected chi connectivity index (χ0v) is 16.0. The summed E-state index contributed by atoms with van der Waals surface area (Å²) >= 11 is 6.37. The minimum Gasteiger partial charge on any atom is -0.322 e. The number of halogens is 1. The number of amides is 1. The Bertz CT molecular complexity index is 1080. The summed E-state index contributed by atoms with van der Waals surface area (Å²) in [6.07, 6.45) is 4.39. The number of hydrogen-bond acceptors (Lipinski definition) is 4. The molecule has 0 saturated carbocycles. The zero-order chi connectivity index (χ0) is 19.6. The maximum Gasteiger partial charge on any atom is 0.258 e. The Morgan fingerprint density at radius 2 is 2.19 bits per heavy atom. The minimum absolute atomic E-state index is 0.258. The first kappa shape index (κ1) is 18.8. The highest BCUT2D eigenvalue weighted by molar-refractivity contribution is 6.31. The molecule has 0 aliphatic rings. The Labute approximate surface area is 161 Å². The summed E-state index contributed by atoms with van der Waals surface area (Å²) in [7, 11) is 0. The molecule has 7 nitrogen and oxygen atoms in total. The molecule has 8 heteroatoms. The molecule has 3 rings (SSSR count). The summed E-state index contributed by atoms with van der Waals surface area (Å²) in [5.41, 5.74) is 2.28. The quantitative estimate of drug-likeness (QED) is 0.658. The number of anilines is 1. The van der Waals surface area contributed by atoms with Crippen molar-refractivity contribution in [3.8, 4) is 0 Å². The topological polar surface area (TPSA) is 92.7 Å². The normalized spacial score (nSPS) is 11.6. The molecule has 2 heterocycles. The molecule has 0 atom stereocenters. The van der Waals surface area contributed by atoms with Crippen LogP contribution in [0.2, 0.25) is 5.15 Å². The van der Waals surface area contributed by atoms with Crippen molar-refractivity contribution in [2.24, 2.45) is 5.92 Å². The second-order valence-corrected chi connectivity index (χ2v) is 7.01. The lowest BCUT2D eigenvalue weighted by atomic mass is 10.2. The predicted molar refractivity (Wildman–Crippen MR) is 107 cm³/mol. The molecule has 0 aliphatic carbocycles. The Balaban J connectivity index is 1.77. The van der Waals surface area contributed by atoms with Crippen LogP contribution in [0.4, 0.5) is 5.69 Å². The molecule has 2 N–H and O–H groups in total. The van der Waals surface area contributed by atoms with Crippen molar-refractivity contribution in [1.82, 2.24) is 19.7 Å². The largest absolute Gasteiger partial charge is 0.322 e. The Hall–Kier alpha value is -2.93. The van der Waals surface area contributed by atoms with Crippen LogP contribution in [0.3, 0.4) is 0 Å². The van der Waals surface area contributed by atoms with E-state index in [1.54, 1.807) is 29.0 Å². The summed E-state index contributed by atoms with van der Waals surface area (Å²) in [6.45, 7) is 6.73. The molecule has 0 fully saturated rings. The lowest BCUT2D eigenvalue weighted by Crippen LogP contribution is -2.10. The van der Waals surface area contributed by atoms with Crippen LogP contribution in [0.1, 0.15) is 25.1 Å². The molecule has 140 valence electrons. The third-order valence-electron chi connectivity index (χ3n) is 3.96. The van der Waals surface area contributed by atoms with E-state index in [1.807, 2.05) is 6.92 Å². The number of nitrogens with one attached hydrogen (secondary N) is 2. The molecule has 2 aromatic heterocycles. The fourth-order valence-electron chi connectivity index (χ4n) is 2.71. The number of fused-ring (bicyclic) bond motifs is 1. The van der Waals surface area contributed by atoms with E-state index in [4.69, 9.17) is 11.6 Å². The summed E-state index contributed by atoms with van der Waals surface area (Å²) in [6, 6.07) is 4.96. The van der Waals surface area contributed by atoms with Gasteiger partial charge in [-0.1, -0.05) is 25.4 Å². The van der Waals surface area contributed by atoms with E-state index in [-0.39, 0.29) is 11.5 Å². The number of aryl methyl sites for hydroxylation is 1. The number of H-pyrrole nitrogens is 1. The Kier molecular flexibility index (Phi) is 5.41. The standard InChI is InChI=1S/C19H20ClN5O2/c1-11(2)9-25-18(20)14(12(3)24-25)5-7-17(26)23-13-4-6-16-15(8-13)19(27)22-10-21-16/h4-8,10-11H,9H2,1-3H3,(H,23,26)(H,21,22,27)/b7-5+. The van der Waals surface area contributed by atoms with Gasteiger partial charge in [-0.25, -0.2) is 4.98 Å². The molecular formula is C19H20ClN5O2. The van der Waals surface area contributed by atoms with Crippen LogP contribution in [0, 0.1) is 12.8 Å². The Morgan fingerprint density at radius 3 is 2.93 bits per heavy atom. The van der Waals surface area contributed by atoms with Gasteiger partial charge in [0.2, 0.25) is 5.91 Å². The van der Waals surface area contributed by atoms with Crippen molar-refractivity contribution in [2.75, 3.05) is 5.32 Å². The molecule has 0 bridgehead atoms. The lowest BCUT2D eigenvalue weighted by Gasteiger charge is -2.05. The van der Waals surface area contributed by atoms with Gasteiger partial charge in [0.15, 0.2) is 0 Å². The maximum absolute atomic E-state index is 12.2. The number of carbonyl (C=O) groups excluding carboxylic acids is 1. The van der Waals surface area contributed by atoms with Gasteiger partial charge in [0.1, 0.15) is 5.15 Å². The van der Waals surface area contributed by atoms with Crippen LogP contribution < -0.4 is 10.9 Å². The number of carbonyl (C=O) groups is 1. The molecule has 0 saturated heterocycles. The molecule has 27 heavy (non-hydrogen) atoms. The van der Waals surface area contributed by atoms with Gasteiger partial charge in [-0.05, 0) is 37.1 Å². The van der Waals surface area contributed by atoms with Gasteiger partial charge in [0.05, 0.1) is 22.9 Å². The van der Waals surface area contributed by atoms with E-state index in [1.165, 1.54) is 12.4 Å². The van der Waals surface area contributed by atoms with E-state index in [0.29, 0.717) is 39.8 Å². The highest BCUT2D eigenvalue weighted by Gasteiger charge is 2.12. The minimum atomic E-state index is -0.332. The van der Waals surface area contributed by atoms with E-state index in [9.17, 15) is 9.59 Å². The first-order valence-corrected chi connectivity index (χ1v) is 8.92. The van der Waals surface area contributed by atoms with Crippen LogP contribution in [-0.2, 0) is 11.3 Å². The van der Waals surface area contributed by atoms with Crippen LogP contribution in [0.5, 0.6) is 0 Å². The van der Waals surface area contributed by atoms with E-state index in [0.717, 1.165) is 5.69 Å².